The number of nitrogens with zero attached hydrogens (tertiary/aromatic N) is 2. The average molecular weight is 392 g/mol. The largest absolute Gasteiger partial charge is 0.508 e. The Balaban J connectivity index is 1.56. The van der Waals surface area contributed by atoms with Crippen molar-refractivity contribution >= 4 is 10.8 Å². The summed E-state index contributed by atoms with van der Waals surface area (Å²) in [6, 6.07) is 12.6. The molecule has 0 aliphatic carbocycles. The van der Waals surface area contributed by atoms with Gasteiger partial charge in [-0.05, 0) is 100 Å². The fraction of sp³-hybridized carbons (Fsp3) is 0.417. The zero-order valence-electron chi connectivity index (χ0n) is 17.5. The minimum absolute atomic E-state index is 0.116. The molecule has 1 saturated heterocycles. The maximum Gasteiger partial charge on any atom is 0.125 e. The highest BCUT2D eigenvalue weighted by atomic mass is 16.3. The molecule has 2 aromatic carbocycles. The third-order valence-corrected chi connectivity index (χ3v) is 5.71. The molecule has 0 unspecified atom stereocenters. The highest BCUT2D eigenvalue weighted by molar-refractivity contribution is 5.90. The predicted octanol–water partition coefficient (Wildman–Crippen LogP) is 4.81. The van der Waals surface area contributed by atoms with Crippen LogP contribution >= 0.6 is 0 Å². The molecule has 152 valence electrons. The number of rotatable bonds is 3. The number of fused-ring (bicyclic) bond motifs is 1. The molecule has 1 fully saturated rings. The molecular weight excluding hydrogens is 362 g/mol. The molecule has 4 rings (SSSR count). The Morgan fingerprint density at radius 2 is 1.62 bits per heavy atom. The van der Waals surface area contributed by atoms with Gasteiger partial charge >= 0.3 is 0 Å². The first-order valence-electron chi connectivity index (χ1n) is 10.2. The summed E-state index contributed by atoms with van der Waals surface area (Å²) < 4.78 is 0. The van der Waals surface area contributed by atoms with E-state index in [9.17, 15) is 10.2 Å². The molecule has 3 N–H and O–H groups in total. The fourth-order valence-corrected chi connectivity index (χ4v) is 5.06. The van der Waals surface area contributed by atoms with Crippen LogP contribution in [0.3, 0.4) is 0 Å². The molecule has 29 heavy (non-hydrogen) atoms. The number of phenolic OH excluding ortho intramolecular Hbond substituents is 2. The van der Waals surface area contributed by atoms with E-state index < -0.39 is 0 Å². The van der Waals surface area contributed by atoms with Crippen molar-refractivity contribution in [1.29, 1.82) is 0 Å². The minimum atomic E-state index is 0.116. The van der Waals surface area contributed by atoms with E-state index in [1.54, 1.807) is 18.2 Å². The summed E-state index contributed by atoms with van der Waals surface area (Å²) in [6.07, 6.45) is 3.13. The van der Waals surface area contributed by atoms with Gasteiger partial charge in [0.2, 0.25) is 0 Å². The standard InChI is InChI=1S/C24H29N3O2/c1-23(2)13-15(14-24(3,4)27-23)9-18-6-8-21(26-25-18)20-11-16-5-7-19(28)10-17(16)12-22(20)29/h5-8,10-12,15,27-29H,9,13-14H2,1-4H3. The SMILES string of the molecule is CC1(C)CC(Cc2ccc(-c3cc4ccc(O)cc4cc3O)nn2)CC(C)(C)N1. The van der Waals surface area contributed by atoms with Gasteiger partial charge < -0.3 is 15.5 Å². The Labute approximate surface area is 171 Å². The molecule has 0 bridgehead atoms. The molecule has 1 aliphatic rings. The zero-order valence-corrected chi connectivity index (χ0v) is 17.5. The van der Waals surface area contributed by atoms with E-state index in [-0.39, 0.29) is 22.6 Å². The molecule has 1 aliphatic heterocycles. The number of phenols is 2. The lowest BCUT2D eigenvalue weighted by Crippen LogP contribution is -2.58. The van der Waals surface area contributed by atoms with Crippen LogP contribution in [-0.4, -0.2) is 31.5 Å². The van der Waals surface area contributed by atoms with Crippen molar-refractivity contribution in [2.75, 3.05) is 0 Å². The van der Waals surface area contributed by atoms with Crippen molar-refractivity contribution in [2.24, 2.45) is 5.92 Å². The summed E-state index contributed by atoms with van der Waals surface area (Å²) in [7, 11) is 0. The van der Waals surface area contributed by atoms with Crippen molar-refractivity contribution in [1.82, 2.24) is 15.5 Å². The molecule has 1 aromatic heterocycles. The van der Waals surface area contributed by atoms with E-state index in [4.69, 9.17) is 0 Å². The van der Waals surface area contributed by atoms with E-state index >= 15 is 0 Å². The van der Waals surface area contributed by atoms with Gasteiger partial charge in [-0.2, -0.15) is 10.2 Å². The number of aromatic nitrogens is 2. The Morgan fingerprint density at radius 1 is 0.897 bits per heavy atom. The van der Waals surface area contributed by atoms with Gasteiger partial charge in [0.05, 0.1) is 11.4 Å². The van der Waals surface area contributed by atoms with Gasteiger partial charge in [-0.25, -0.2) is 0 Å². The van der Waals surface area contributed by atoms with Crippen LogP contribution in [0.15, 0.2) is 42.5 Å². The number of aromatic hydroxyl groups is 2. The minimum Gasteiger partial charge on any atom is -0.508 e. The second-order valence-electron chi connectivity index (χ2n) is 9.68. The lowest BCUT2D eigenvalue weighted by Gasteiger charge is -2.46. The normalized spacial score (nSPS) is 18.8. The number of nitrogens with one attached hydrogen (secondary N) is 1. The van der Waals surface area contributed by atoms with E-state index in [1.165, 1.54) is 0 Å². The van der Waals surface area contributed by atoms with Gasteiger partial charge in [0.15, 0.2) is 0 Å². The van der Waals surface area contributed by atoms with Gasteiger partial charge in [0.1, 0.15) is 11.5 Å². The average Bonchev–Trinajstić information content (AvgIpc) is 2.59. The Kier molecular flexibility index (Phi) is 4.74. The summed E-state index contributed by atoms with van der Waals surface area (Å²) in [5, 5.41) is 34.4. The third-order valence-electron chi connectivity index (χ3n) is 5.71. The van der Waals surface area contributed by atoms with Gasteiger partial charge in [-0.3, -0.25) is 0 Å². The Bertz CT molecular complexity index is 1030. The third kappa shape index (κ3) is 4.35. The number of piperidine rings is 1. The smallest absolute Gasteiger partial charge is 0.125 e. The van der Waals surface area contributed by atoms with Crippen molar-refractivity contribution in [3.05, 3.63) is 48.2 Å². The summed E-state index contributed by atoms with van der Waals surface area (Å²) in [4.78, 5) is 0. The van der Waals surface area contributed by atoms with E-state index in [1.807, 2.05) is 24.3 Å². The van der Waals surface area contributed by atoms with Crippen LogP contribution in [0.4, 0.5) is 0 Å². The summed E-state index contributed by atoms with van der Waals surface area (Å²) in [6.45, 7) is 9.05. The summed E-state index contributed by atoms with van der Waals surface area (Å²) in [5.41, 5.74) is 2.51. The second kappa shape index (κ2) is 6.99. The Morgan fingerprint density at radius 3 is 2.28 bits per heavy atom. The molecular formula is C24H29N3O2. The van der Waals surface area contributed by atoms with Crippen molar-refractivity contribution < 1.29 is 10.2 Å². The molecule has 5 heteroatoms. The lowest BCUT2D eigenvalue weighted by atomic mass is 9.74. The van der Waals surface area contributed by atoms with Crippen LogP contribution in [0.1, 0.15) is 46.2 Å². The molecule has 0 radical (unpaired) electrons. The van der Waals surface area contributed by atoms with E-state index in [0.717, 1.165) is 35.7 Å². The first-order chi connectivity index (χ1) is 13.6. The van der Waals surface area contributed by atoms with Crippen LogP contribution in [-0.2, 0) is 6.42 Å². The second-order valence-corrected chi connectivity index (χ2v) is 9.68. The van der Waals surface area contributed by atoms with E-state index in [0.29, 0.717) is 17.2 Å². The van der Waals surface area contributed by atoms with Crippen LogP contribution in [0.5, 0.6) is 11.5 Å². The van der Waals surface area contributed by atoms with Gasteiger partial charge in [-0.15, -0.1) is 0 Å². The maximum atomic E-state index is 10.4. The van der Waals surface area contributed by atoms with Crippen LogP contribution < -0.4 is 5.32 Å². The maximum absolute atomic E-state index is 10.4. The number of hydrogen-bond donors (Lipinski definition) is 3. The highest BCUT2D eigenvalue weighted by Crippen LogP contribution is 2.36. The van der Waals surface area contributed by atoms with Crippen LogP contribution in [0.2, 0.25) is 0 Å². The van der Waals surface area contributed by atoms with Crippen molar-refractivity contribution in [3.63, 3.8) is 0 Å². The topological polar surface area (TPSA) is 78.3 Å². The number of benzene rings is 2. The molecule has 0 amide bonds. The van der Waals surface area contributed by atoms with E-state index in [2.05, 4.69) is 43.2 Å². The number of hydrogen-bond acceptors (Lipinski definition) is 5. The van der Waals surface area contributed by atoms with Crippen molar-refractivity contribution in [2.45, 2.75) is 58.0 Å². The van der Waals surface area contributed by atoms with Crippen LogP contribution in [0.25, 0.3) is 22.0 Å². The molecule has 0 atom stereocenters. The highest BCUT2D eigenvalue weighted by Gasteiger charge is 2.37. The quantitative estimate of drug-likeness (QED) is 0.597. The van der Waals surface area contributed by atoms with Crippen LogP contribution in [0, 0.1) is 5.92 Å². The summed E-state index contributed by atoms with van der Waals surface area (Å²) >= 11 is 0. The molecule has 0 spiro atoms. The monoisotopic (exact) mass is 391 g/mol. The molecule has 5 nitrogen and oxygen atoms in total. The van der Waals surface area contributed by atoms with Gasteiger partial charge in [0, 0.05) is 16.6 Å². The Hall–Kier alpha value is -2.66. The predicted molar refractivity (Wildman–Crippen MR) is 116 cm³/mol. The van der Waals surface area contributed by atoms with Gasteiger partial charge in [-0.1, -0.05) is 6.07 Å². The molecule has 2 heterocycles. The first kappa shape index (κ1) is 19.6. The fourth-order valence-electron chi connectivity index (χ4n) is 5.06. The van der Waals surface area contributed by atoms with Crippen molar-refractivity contribution in [3.8, 4) is 22.8 Å². The first-order valence-corrected chi connectivity index (χ1v) is 10.2. The molecule has 3 aromatic rings. The molecule has 0 saturated carbocycles. The summed E-state index contributed by atoms with van der Waals surface area (Å²) in [5.74, 6) is 0.869. The lowest BCUT2D eigenvalue weighted by molar-refractivity contribution is 0.128. The van der Waals surface area contributed by atoms with Gasteiger partial charge in [0.25, 0.3) is 0 Å². The zero-order chi connectivity index (χ0) is 20.8.